The summed E-state index contributed by atoms with van der Waals surface area (Å²) in [7, 11) is 0. The van der Waals surface area contributed by atoms with Crippen molar-refractivity contribution >= 4 is 39.3 Å². The number of guanidine groups is 1. The molecule has 3 nitrogen and oxygen atoms in total. The number of aliphatic imine (C=N–C) groups is 1. The van der Waals surface area contributed by atoms with Gasteiger partial charge in [0.2, 0.25) is 0 Å². The van der Waals surface area contributed by atoms with Gasteiger partial charge in [0.05, 0.1) is 12.6 Å². The number of rotatable bonds is 3. The largest absolute Gasteiger partial charge is 0.369 e. The highest BCUT2D eigenvalue weighted by Crippen LogP contribution is 2.32. The number of thioether (sulfide) groups is 1. The van der Waals surface area contributed by atoms with Crippen LogP contribution in [0.25, 0.3) is 0 Å². The summed E-state index contributed by atoms with van der Waals surface area (Å²) in [6.45, 7) is 0.695. The zero-order valence-corrected chi connectivity index (χ0v) is 14.1. The van der Waals surface area contributed by atoms with Gasteiger partial charge in [0, 0.05) is 15.1 Å². The van der Waals surface area contributed by atoms with Crippen molar-refractivity contribution in [3.05, 3.63) is 58.6 Å². The highest BCUT2D eigenvalue weighted by molar-refractivity contribution is 9.10. The van der Waals surface area contributed by atoms with Crippen LogP contribution in [0.4, 0.5) is 5.69 Å². The third-order valence-electron chi connectivity index (χ3n) is 3.59. The minimum Gasteiger partial charge on any atom is -0.369 e. The van der Waals surface area contributed by atoms with Gasteiger partial charge in [0.1, 0.15) is 0 Å². The SMILES string of the molecule is CSc1ccc(C2CN=C(N)N2c2ccc(Br)cc2)cc1. The average Bonchev–Trinajstić information content (AvgIpc) is 2.90. The molecule has 0 spiro atoms. The quantitative estimate of drug-likeness (QED) is 0.838. The van der Waals surface area contributed by atoms with E-state index < -0.39 is 0 Å². The first-order chi connectivity index (χ1) is 10.2. The van der Waals surface area contributed by atoms with Crippen LogP contribution < -0.4 is 10.6 Å². The predicted octanol–water partition coefficient (Wildman–Crippen LogP) is 4.05. The van der Waals surface area contributed by atoms with Gasteiger partial charge in [-0.1, -0.05) is 28.1 Å². The lowest BCUT2D eigenvalue weighted by Crippen LogP contribution is -2.36. The van der Waals surface area contributed by atoms with Gasteiger partial charge >= 0.3 is 0 Å². The van der Waals surface area contributed by atoms with E-state index in [1.165, 1.54) is 10.5 Å². The van der Waals surface area contributed by atoms with Crippen LogP contribution in [0.15, 0.2) is 62.9 Å². The van der Waals surface area contributed by atoms with Gasteiger partial charge in [-0.15, -0.1) is 11.8 Å². The highest BCUT2D eigenvalue weighted by atomic mass is 79.9. The lowest BCUT2D eigenvalue weighted by atomic mass is 10.1. The molecule has 108 valence electrons. The van der Waals surface area contributed by atoms with Crippen molar-refractivity contribution in [1.82, 2.24) is 0 Å². The van der Waals surface area contributed by atoms with Gasteiger partial charge in [-0.3, -0.25) is 4.99 Å². The van der Waals surface area contributed by atoms with E-state index >= 15 is 0 Å². The molecule has 2 aromatic rings. The fourth-order valence-corrected chi connectivity index (χ4v) is 3.16. The molecule has 21 heavy (non-hydrogen) atoms. The molecule has 3 rings (SSSR count). The highest BCUT2D eigenvalue weighted by Gasteiger charge is 2.28. The van der Waals surface area contributed by atoms with Crippen molar-refractivity contribution < 1.29 is 0 Å². The van der Waals surface area contributed by atoms with Crippen LogP contribution >= 0.6 is 27.7 Å². The molecule has 2 N–H and O–H groups in total. The van der Waals surface area contributed by atoms with Crippen molar-refractivity contribution in [2.75, 3.05) is 17.7 Å². The molecular formula is C16H16BrN3S. The summed E-state index contributed by atoms with van der Waals surface area (Å²) in [5.41, 5.74) is 8.39. The molecule has 1 aliphatic rings. The van der Waals surface area contributed by atoms with Crippen LogP contribution in [-0.2, 0) is 0 Å². The second kappa shape index (κ2) is 6.12. The Bertz CT molecular complexity index is 652. The van der Waals surface area contributed by atoms with Crippen molar-refractivity contribution in [1.29, 1.82) is 0 Å². The number of hydrogen-bond donors (Lipinski definition) is 1. The Morgan fingerprint density at radius 2 is 1.81 bits per heavy atom. The lowest BCUT2D eigenvalue weighted by Gasteiger charge is -2.26. The molecule has 0 saturated carbocycles. The van der Waals surface area contributed by atoms with Crippen molar-refractivity contribution in [2.45, 2.75) is 10.9 Å². The maximum atomic E-state index is 6.09. The summed E-state index contributed by atoms with van der Waals surface area (Å²) in [4.78, 5) is 7.78. The fourth-order valence-electron chi connectivity index (χ4n) is 2.49. The predicted molar refractivity (Wildman–Crippen MR) is 94.1 cm³/mol. The van der Waals surface area contributed by atoms with E-state index in [1.54, 1.807) is 11.8 Å². The molecule has 1 heterocycles. The molecule has 0 radical (unpaired) electrons. The Labute approximate surface area is 137 Å². The molecule has 2 aromatic carbocycles. The minimum atomic E-state index is 0.169. The Morgan fingerprint density at radius 3 is 2.43 bits per heavy atom. The van der Waals surface area contributed by atoms with Crippen LogP contribution in [0.3, 0.4) is 0 Å². The molecule has 0 fully saturated rings. The van der Waals surface area contributed by atoms with Crippen LogP contribution in [0.2, 0.25) is 0 Å². The van der Waals surface area contributed by atoms with Crippen LogP contribution in [0, 0.1) is 0 Å². The summed E-state index contributed by atoms with van der Waals surface area (Å²) < 4.78 is 1.06. The summed E-state index contributed by atoms with van der Waals surface area (Å²) in [5, 5.41) is 0. The number of benzene rings is 2. The standard InChI is InChI=1S/C16H16BrN3S/c1-21-14-8-2-11(3-9-14)15-10-19-16(18)20(15)13-6-4-12(17)5-7-13/h2-9,15H,10H2,1H3,(H2,18,19). The molecule has 0 aromatic heterocycles. The molecule has 1 unspecified atom stereocenters. The Kier molecular flexibility index (Phi) is 4.22. The first-order valence-corrected chi connectivity index (χ1v) is 8.69. The van der Waals surface area contributed by atoms with Crippen molar-refractivity contribution in [3.8, 4) is 0 Å². The maximum absolute atomic E-state index is 6.09. The molecule has 0 aliphatic carbocycles. The van der Waals surface area contributed by atoms with Gasteiger partial charge in [0.15, 0.2) is 5.96 Å². The zero-order chi connectivity index (χ0) is 14.8. The molecule has 1 atom stereocenters. The van der Waals surface area contributed by atoms with Gasteiger partial charge in [-0.2, -0.15) is 0 Å². The number of nitrogens with zero attached hydrogens (tertiary/aromatic N) is 2. The third kappa shape index (κ3) is 2.94. The Balaban J connectivity index is 1.92. The first kappa shape index (κ1) is 14.5. The average molecular weight is 362 g/mol. The smallest absolute Gasteiger partial charge is 0.196 e. The van der Waals surface area contributed by atoms with E-state index in [0.29, 0.717) is 12.5 Å². The van der Waals surface area contributed by atoms with Gasteiger partial charge in [-0.05, 0) is 48.2 Å². The van der Waals surface area contributed by atoms with E-state index in [0.717, 1.165) is 10.2 Å². The van der Waals surface area contributed by atoms with Gasteiger partial charge in [0.25, 0.3) is 0 Å². The molecule has 5 heteroatoms. The van der Waals surface area contributed by atoms with E-state index in [2.05, 4.69) is 68.5 Å². The van der Waals surface area contributed by atoms with Crippen molar-refractivity contribution in [2.24, 2.45) is 10.7 Å². The summed E-state index contributed by atoms with van der Waals surface area (Å²) >= 11 is 5.21. The Morgan fingerprint density at radius 1 is 1.14 bits per heavy atom. The van der Waals surface area contributed by atoms with Gasteiger partial charge in [-0.25, -0.2) is 0 Å². The normalized spacial score (nSPS) is 17.9. The topological polar surface area (TPSA) is 41.6 Å². The van der Waals surface area contributed by atoms with Crippen LogP contribution in [0.5, 0.6) is 0 Å². The minimum absolute atomic E-state index is 0.169. The Hall–Kier alpha value is -1.46. The molecule has 0 saturated heterocycles. The van der Waals surface area contributed by atoms with E-state index in [4.69, 9.17) is 5.73 Å². The summed E-state index contributed by atoms with van der Waals surface area (Å²) in [6.07, 6.45) is 2.08. The first-order valence-electron chi connectivity index (χ1n) is 6.67. The number of halogens is 1. The monoisotopic (exact) mass is 361 g/mol. The second-order valence-electron chi connectivity index (χ2n) is 4.83. The van der Waals surface area contributed by atoms with E-state index in [9.17, 15) is 0 Å². The third-order valence-corrected chi connectivity index (χ3v) is 4.86. The lowest BCUT2D eigenvalue weighted by molar-refractivity contribution is 0.768. The molecule has 0 bridgehead atoms. The number of hydrogen-bond acceptors (Lipinski definition) is 4. The van der Waals surface area contributed by atoms with Crippen molar-refractivity contribution in [3.63, 3.8) is 0 Å². The van der Waals surface area contributed by atoms with Gasteiger partial charge < -0.3 is 10.6 Å². The van der Waals surface area contributed by atoms with E-state index in [-0.39, 0.29) is 6.04 Å². The molecular weight excluding hydrogens is 346 g/mol. The fraction of sp³-hybridized carbons (Fsp3) is 0.188. The maximum Gasteiger partial charge on any atom is 0.196 e. The number of anilines is 1. The molecule has 0 amide bonds. The summed E-state index contributed by atoms with van der Waals surface area (Å²) in [5.74, 6) is 0.580. The van der Waals surface area contributed by atoms with Crippen LogP contribution in [0.1, 0.15) is 11.6 Å². The van der Waals surface area contributed by atoms with E-state index in [1.807, 2.05) is 12.1 Å². The number of nitrogens with two attached hydrogens (primary N) is 1. The second-order valence-corrected chi connectivity index (χ2v) is 6.63. The summed E-state index contributed by atoms with van der Waals surface area (Å²) in [6, 6.07) is 16.9. The van der Waals surface area contributed by atoms with Crippen LogP contribution in [-0.4, -0.2) is 18.8 Å². The molecule has 1 aliphatic heterocycles. The zero-order valence-electron chi connectivity index (χ0n) is 11.7.